The highest BCUT2D eigenvalue weighted by atomic mass is 16.3. The standard InChI is InChI=1S/C17H19NO/c1-13-16(19)12-18(13)17(14-8-4-2-5-9-14)15-10-6-3-7-11-15/h2-11,13,16-17,19H,12H2,1H3. The lowest BCUT2D eigenvalue weighted by Gasteiger charge is -2.48. The predicted octanol–water partition coefficient (Wildman–Crippen LogP) is 2.84. The second-order valence-electron chi connectivity index (χ2n) is 5.23. The van der Waals surface area contributed by atoms with Crippen LogP contribution in [0.2, 0.25) is 0 Å². The lowest BCUT2D eigenvalue weighted by atomic mass is 9.90. The molecule has 1 aliphatic heterocycles. The Kier molecular flexibility index (Phi) is 3.36. The van der Waals surface area contributed by atoms with Gasteiger partial charge in [-0.3, -0.25) is 4.90 Å². The maximum Gasteiger partial charge on any atom is 0.0820 e. The van der Waals surface area contributed by atoms with E-state index >= 15 is 0 Å². The van der Waals surface area contributed by atoms with Gasteiger partial charge in [-0.1, -0.05) is 60.7 Å². The molecule has 2 aromatic carbocycles. The van der Waals surface area contributed by atoms with E-state index in [-0.39, 0.29) is 18.2 Å². The molecule has 0 aliphatic carbocycles. The summed E-state index contributed by atoms with van der Waals surface area (Å²) in [4.78, 5) is 2.36. The Labute approximate surface area is 114 Å². The molecule has 1 saturated heterocycles. The van der Waals surface area contributed by atoms with Gasteiger partial charge < -0.3 is 5.11 Å². The van der Waals surface area contributed by atoms with Crippen LogP contribution in [0.4, 0.5) is 0 Å². The molecule has 2 aromatic rings. The Morgan fingerprint density at radius 3 is 1.79 bits per heavy atom. The lowest BCUT2D eigenvalue weighted by Crippen LogP contribution is -2.59. The summed E-state index contributed by atoms with van der Waals surface area (Å²) in [6.45, 7) is 2.84. The normalized spacial score (nSPS) is 23.3. The van der Waals surface area contributed by atoms with Crippen LogP contribution in [0.3, 0.4) is 0 Å². The molecule has 1 fully saturated rings. The highest BCUT2D eigenvalue weighted by molar-refractivity contribution is 5.32. The van der Waals surface area contributed by atoms with E-state index < -0.39 is 0 Å². The summed E-state index contributed by atoms with van der Waals surface area (Å²) in [5.41, 5.74) is 2.57. The third-order valence-electron chi connectivity index (χ3n) is 4.04. The third kappa shape index (κ3) is 2.29. The fraction of sp³-hybridized carbons (Fsp3) is 0.294. The van der Waals surface area contributed by atoms with Gasteiger partial charge in [-0.2, -0.15) is 0 Å². The monoisotopic (exact) mass is 253 g/mol. The molecule has 2 atom stereocenters. The number of rotatable bonds is 3. The van der Waals surface area contributed by atoms with Crippen molar-refractivity contribution in [2.24, 2.45) is 0 Å². The van der Waals surface area contributed by atoms with Crippen LogP contribution >= 0.6 is 0 Å². The van der Waals surface area contributed by atoms with E-state index in [1.165, 1.54) is 11.1 Å². The van der Waals surface area contributed by atoms with Crippen molar-refractivity contribution in [3.05, 3.63) is 71.8 Å². The topological polar surface area (TPSA) is 23.5 Å². The molecule has 0 saturated carbocycles. The highest BCUT2D eigenvalue weighted by Crippen LogP contribution is 2.35. The second-order valence-corrected chi connectivity index (χ2v) is 5.23. The fourth-order valence-corrected chi connectivity index (χ4v) is 2.80. The van der Waals surface area contributed by atoms with Crippen LogP contribution in [0.15, 0.2) is 60.7 Å². The maximum absolute atomic E-state index is 9.79. The molecule has 2 nitrogen and oxygen atoms in total. The molecular formula is C17H19NO. The quantitative estimate of drug-likeness (QED) is 0.909. The van der Waals surface area contributed by atoms with E-state index in [1.807, 2.05) is 12.1 Å². The number of hydrogen-bond donors (Lipinski definition) is 1. The zero-order valence-corrected chi connectivity index (χ0v) is 11.1. The largest absolute Gasteiger partial charge is 0.390 e. The number of nitrogens with zero attached hydrogens (tertiary/aromatic N) is 1. The van der Waals surface area contributed by atoms with Gasteiger partial charge in [0.15, 0.2) is 0 Å². The molecule has 98 valence electrons. The summed E-state index contributed by atoms with van der Waals surface area (Å²) in [6.07, 6.45) is -0.199. The number of aliphatic hydroxyl groups is 1. The Balaban J connectivity index is 1.97. The van der Waals surface area contributed by atoms with Crippen molar-refractivity contribution in [3.63, 3.8) is 0 Å². The van der Waals surface area contributed by atoms with Gasteiger partial charge >= 0.3 is 0 Å². The van der Waals surface area contributed by atoms with E-state index in [4.69, 9.17) is 0 Å². The number of β-amino-alcohol motifs (C(OH)–C–C–N with tert-alkyl or cyclic N) is 1. The van der Waals surface area contributed by atoms with Crippen LogP contribution in [0, 0.1) is 0 Å². The minimum Gasteiger partial charge on any atom is -0.390 e. The molecule has 0 amide bonds. The van der Waals surface area contributed by atoms with Gasteiger partial charge in [0.1, 0.15) is 0 Å². The number of benzene rings is 2. The molecule has 0 aromatic heterocycles. The van der Waals surface area contributed by atoms with Gasteiger partial charge in [-0.15, -0.1) is 0 Å². The summed E-state index contributed by atoms with van der Waals surface area (Å²) >= 11 is 0. The van der Waals surface area contributed by atoms with Crippen LogP contribution in [-0.4, -0.2) is 28.7 Å². The first-order chi connectivity index (χ1) is 9.27. The first kappa shape index (κ1) is 12.4. The average molecular weight is 253 g/mol. The first-order valence-corrected chi connectivity index (χ1v) is 6.81. The highest BCUT2D eigenvalue weighted by Gasteiger charge is 2.39. The van der Waals surface area contributed by atoms with Crippen LogP contribution in [0.1, 0.15) is 24.1 Å². The number of likely N-dealkylation sites (tertiary alicyclic amines) is 1. The molecule has 1 heterocycles. The van der Waals surface area contributed by atoms with E-state index in [0.29, 0.717) is 0 Å². The van der Waals surface area contributed by atoms with Crippen molar-refractivity contribution in [1.29, 1.82) is 0 Å². The van der Waals surface area contributed by atoms with Crippen molar-refractivity contribution >= 4 is 0 Å². The van der Waals surface area contributed by atoms with Crippen LogP contribution in [0.25, 0.3) is 0 Å². The SMILES string of the molecule is CC1C(O)CN1C(c1ccccc1)c1ccccc1. The summed E-state index contributed by atoms with van der Waals surface area (Å²) in [7, 11) is 0. The Morgan fingerprint density at radius 2 is 1.42 bits per heavy atom. The summed E-state index contributed by atoms with van der Waals surface area (Å²) in [5.74, 6) is 0. The summed E-state index contributed by atoms with van der Waals surface area (Å²) < 4.78 is 0. The molecule has 1 aliphatic rings. The zero-order valence-electron chi connectivity index (χ0n) is 11.1. The van der Waals surface area contributed by atoms with Crippen molar-refractivity contribution in [2.75, 3.05) is 6.54 Å². The van der Waals surface area contributed by atoms with Gasteiger partial charge in [-0.25, -0.2) is 0 Å². The number of aliphatic hydroxyl groups excluding tert-OH is 1. The van der Waals surface area contributed by atoms with Gasteiger partial charge in [0.25, 0.3) is 0 Å². The summed E-state index contributed by atoms with van der Waals surface area (Å²) in [6, 6.07) is 21.5. The van der Waals surface area contributed by atoms with E-state index in [0.717, 1.165) is 6.54 Å². The van der Waals surface area contributed by atoms with Crippen molar-refractivity contribution in [1.82, 2.24) is 4.90 Å². The Morgan fingerprint density at radius 1 is 0.947 bits per heavy atom. The van der Waals surface area contributed by atoms with Crippen LogP contribution in [-0.2, 0) is 0 Å². The van der Waals surface area contributed by atoms with Crippen molar-refractivity contribution in [2.45, 2.75) is 25.1 Å². The van der Waals surface area contributed by atoms with Crippen LogP contribution in [0.5, 0.6) is 0 Å². The van der Waals surface area contributed by atoms with Gasteiger partial charge in [-0.05, 0) is 18.1 Å². The minimum atomic E-state index is -0.199. The summed E-state index contributed by atoms with van der Waals surface area (Å²) in [5, 5.41) is 9.79. The van der Waals surface area contributed by atoms with Crippen LogP contribution < -0.4 is 0 Å². The van der Waals surface area contributed by atoms with E-state index in [9.17, 15) is 5.11 Å². The fourth-order valence-electron chi connectivity index (χ4n) is 2.80. The van der Waals surface area contributed by atoms with Crippen molar-refractivity contribution < 1.29 is 5.11 Å². The lowest BCUT2D eigenvalue weighted by molar-refractivity contribution is -0.0693. The molecule has 0 spiro atoms. The van der Waals surface area contributed by atoms with Gasteiger partial charge in [0.2, 0.25) is 0 Å². The first-order valence-electron chi connectivity index (χ1n) is 6.81. The minimum absolute atomic E-state index is 0.199. The molecule has 3 rings (SSSR count). The van der Waals surface area contributed by atoms with Gasteiger partial charge in [0, 0.05) is 12.6 Å². The van der Waals surface area contributed by atoms with E-state index in [1.54, 1.807) is 0 Å². The average Bonchev–Trinajstić information content (AvgIpc) is 2.49. The molecule has 0 radical (unpaired) electrons. The molecule has 0 bridgehead atoms. The smallest absolute Gasteiger partial charge is 0.0820 e. The molecule has 2 heteroatoms. The Bertz CT molecular complexity index is 486. The zero-order chi connectivity index (χ0) is 13.2. The van der Waals surface area contributed by atoms with Gasteiger partial charge in [0.05, 0.1) is 12.1 Å². The van der Waals surface area contributed by atoms with E-state index in [2.05, 4.69) is 60.4 Å². The van der Waals surface area contributed by atoms with Crippen molar-refractivity contribution in [3.8, 4) is 0 Å². The molecule has 2 unspecified atom stereocenters. The molecule has 19 heavy (non-hydrogen) atoms. The second kappa shape index (κ2) is 5.16. The number of hydrogen-bond acceptors (Lipinski definition) is 2. The maximum atomic E-state index is 9.79. The molecule has 1 N–H and O–H groups in total. The Hall–Kier alpha value is -1.64. The third-order valence-corrected chi connectivity index (χ3v) is 4.04. The molecular weight excluding hydrogens is 234 g/mol. The predicted molar refractivity (Wildman–Crippen MR) is 76.9 cm³/mol.